The summed E-state index contributed by atoms with van der Waals surface area (Å²) in [6.07, 6.45) is -4.58. The molecule has 0 saturated carbocycles. The lowest BCUT2D eigenvalue weighted by Gasteiger charge is -2.07. The zero-order chi connectivity index (χ0) is 14.9. The van der Waals surface area contributed by atoms with Gasteiger partial charge in [0.2, 0.25) is 5.28 Å². The molecular formula is C11H8ClF3N4S. The Balaban J connectivity index is 2.36. The average Bonchev–Trinajstić information content (AvgIpc) is 2.25. The van der Waals surface area contributed by atoms with Gasteiger partial charge in [0.25, 0.3) is 0 Å². The molecule has 9 heteroatoms. The van der Waals surface area contributed by atoms with Gasteiger partial charge in [-0.05, 0) is 43.3 Å². The van der Waals surface area contributed by atoms with E-state index in [0.29, 0.717) is 5.16 Å². The van der Waals surface area contributed by atoms with Gasteiger partial charge in [-0.1, -0.05) is 0 Å². The SMILES string of the molecule is Cc1cc(C)nc(Sc2cc(C(F)(F)F)nc(Cl)n2)n1. The minimum atomic E-state index is -4.58. The molecule has 20 heavy (non-hydrogen) atoms. The van der Waals surface area contributed by atoms with Gasteiger partial charge in [-0.3, -0.25) is 0 Å². The van der Waals surface area contributed by atoms with E-state index in [9.17, 15) is 13.2 Å². The Morgan fingerprint density at radius 3 is 2.15 bits per heavy atom. The third kappa shape index (κ3) is 3.80. The molecule has 106 valence electrons. The molecule has 0 aromatic carbocycles. The van der Waals surface area contributed by atoms with Crippen LogP contribution in [0, 0.1) is 13.8 Å². The highest BCUT2D eigenvalue weighted by Gasteiger charge is 2.33. The molecule has 2 aromatic rings. The van der Waals surface area contributed by atoms with Gasteiger partial charge in [0.15, 0.2) is 10.9 Å². The van der Waals surface area contributed by atoms with E-state index in [1.807, 2.05) is 0 Å². The molecule has 0 unspecified atom stereocenters. The van der Waals surface area contributed by atoms with Gasteiger partial charge in [-0.15, -0.1) is 0 Å². The molecule has 0 saturated heterocycles. The number of rotatable bonds is 2. The van der Waals surface area contributed by atoms with Crippen LogP contribution in [0.5, 0.6) is 0 Å². The van der Waals surface area contributed by atoms with Crippen molar-refractivity contribution < 1.29 is 13.2 Å². The van der Waals surface area contributed by atoms with Gasteiger partial charge in [0.1, 0.15) is 5.03 Å². The summed E-state index contributed by atoms with van der Waals surface area (Å²) in [6.45, 7) is 3.54. The van der Waals surface area contributed by atoms with E-state index in [1.165, 1.54) is 0 Å². The number of nitrogens with zero attached hydrogens (tertiary/aromatic N) is 4. The summed E-state index contributed by atoms with van der Waals surface area (Å²) in [4.78, 5) is 15.1. The Bertz CT molecular complexity index is 628. The summed E-state index contributed by atoms with van der Waals surface area (Å²) < 4.78 is 37.9. The first-order valence-corrected chi connectivity index (χ1v) is 6.55. The summed E-state index contributed by atoms with van der Waals surface area (Å²) >= 11 is 6.41. The quantitative estimate of drug-likeness (QED) is 0.623. The Morgan fingerprint density at radius 2 is 1.60 bits per heavy atom. The second-order valence-corrected chi connectivity index (χ2v) is 5.22. The summed E-state index contributed by atoms with van der Waals surface area (Å²) in [5, 5.41) is -0.112. The van der Waals surface area contributed by atoms with Crippen LogP contribution in [0.3, 0.4) is 0 Å². The monoisotopic (exact) mass is 320 g/mol. The second-order valence-electron chi connectivity index (χ2n) is 3.89. The van der Waals surface area contributed by atoms with E-state index in [2.05, 4.69) is 19.9 Å². The molecule has 0 aliphatic rings. The standard InChI is InChI=1S/C11H8ClF3N4S/c1-5-3-6(2)17-10(16-5)20-8-4-7(11(13,14)15)18-9(12)19-8/h3-4H,1-2H3. The second kappa shape index (κ2) is 5.53. The van der Waals surface area contributed by atoms with Crippen LogP contribution in [0.15, 0.2) is 22.3 Å². The highest BCUT2D eigenvalue weighted by molar-refractivity contribution is 7.99. The van der Waals surface area contributed by atoms with Gasteiger partial charge in [0.05, 0.1) is 0 Å². The van der Waals surface area contributed by atoms with Crippen molar-refractivity contribution in [2.24, 2.45) is 0 Å². The van der Waals surface area contributed by atoms with Gasteiger partial charge in [-0.25, -0.2) is 19.9 Å². The lowest BCUT2D eigenvalue weighted by Crippen LogP contribution is -2.09. The zero-order valence-corrected chi connectivity index (χ0v) is 11.9. The van der Waals surface area contributed by atoms with E-state index >= 15 is 0 Å². The van der Waals surface area contributed by atoms with Gasteiger partial charge in [0, 0.05) is 17.5 Å². The Morgan fingerprint density at radius 1 is 1.00 bits per heavy atom. The van der Waals surface area contributed by atoms with Crippen molar-refractivity contribution in [2.75, 3.05) is 0 Å². The molecule has 0 amide bonds. The normalized spacial score (nSPS) is 11.7. The number of aromatic nitrogens is 4. The molecule has 0 spiro atoms. The molecule has 0 N–H and O–H groups in total. The highest BCUT2D eigenvalue weighted by Crippen LogP contribution is 2.32. The molecule has 0 radical (unpaired) electrons. The van der Waals surface area contributed by atoms with Crippen LogP contribution in [0.1, 0.15) is 17.1 Å². The van der Waals surface area contributed by atoms with Crippen LogP contribution >= 0.6 is 23.4 Å². The Hall–Kier alpha value is -1.41. The first-order valence-electron chi connectivity index (χ1n) is 5.36. The topological polar surface area (TPSA) is 51.6 Å². The molecule has 0 fully saturated rings. The maximum atomic E-state index is 12.6. The van der Waals surface area contributed by atoms with Crippen LogP contribution in [0.4, 0.5) is 13.2 Å². The molecule has 2 rings (SSSR count). The number of hydrogen-bond acceptors (Lipinski definition) is 5. The van der Waals surface area contributed by atoms with Crippen molar-refractivity contribution in [1.29, 1.82) is 0 Å². The molecule has 0 bridgehead atoms. The van der Waals surface area contributed by atoms with Crippen molar-refractivity contribution in [2.45, 2.75) is 30.2 Å². The zero-order valence-electron chi connectivity index (χ0n) is 10.4. The third-order valence-corrected chi connectivity index (χ3v) is 3.08. The number of hydrogen-bond donors (Lipinski definition) is 0. The van der Waals surface area contributed by atoms with Crippen molar-refractivity contribution in [3.8, 4) is 0 Å². The minimum Gasteiger partial charge on any atom is -0.228 e. The fraction of sp³-hybridized carbons (Fsp3) is 0.273. The van der Waals surface area contributed by atoms with Crippen molar-refractivity contribution in [3.63, 3.8) is 0 Å². The number of aryl methyl sites for hydroxylation is 2. The molecule has 2 aromatic heterocycles. The molecule has 2 heterocycles. The Kier molecular flexibility index (Phi) is 4.14. The summed E-state index contributed by atoms with van der Waals surface area (Å²) in [7, 11) is 0. The van der Waals surface area contributed by atoms with Crippen LogP contribution in [0.25, 0.3) is 0 Å². The summed E-state index contributed by atoms with van der Waals surface area (Å²) in [5.41, 5.74) is 0.344. The predicted molar refractivity (Wildman–Crippen MR) is 67.7 cm³/mol. The van der Waals surface area contributed by atoms with Crippen LogP contribution < -0.4 is 0 Å². The Labute approximate surface area is 121 Å². The molecule has 4 nitrogen and oxygen atoms in total. The largest absolute Gasteiger partial charge is 0.433 e. The summed E-state index contributed by atoms with van der Waals surface area (Å²) in [5.74, 6) is 0. The first kappa shape index (κ1) is 15.0. The van der Waals surface area contributed by atoms with Gasteiger partial charge < -0.3 is 0 Å². The fourth-order valence-electron chi connectivity index (χ4n) is 1.43. The summed E-state index contributed by atoms with van der Waals surface area (Å²) in [6, 6.07) is 2.58. The predicted octanol–water partition coefficient (Wildman–Crippen LogP) is 3.71. The molecular weight excluding hydrogens is 313 g/mol. The number of alkyl halides is 3. The fourth-order valence-corrected chi connectivity index (χ4v) is 2.53. The molecule has 0 aliphatic carbocycles. The van der Waals surface area contributed by atoms with Gasteiger partial charge >= 0.3 is 6.18 Å². The number of halogens is 4. The van der Waals surface area contributed by atoms with Crippen molar-refractivity contribution >= 4 is 23.4 Å². The van der Waals surface area contributed by atoms with Crippen molar-refractivity contribution in [3.05, 3.63) is 34.5 Å². The first-order chi connectivity index (χ1) is 9.24. The van der Waals surface area contributed by atoms with Crippen LogP contribution in [-0.2, 0) is 6.18 Å². The van der Waals surface area contributed by atoms with Crippen LogP contribution in [-0.4, -0.2) is 19.9 Å². The lowest BCUT2D eigenvalue weighted by molar-refractivity contribution is -0.141. The average molecular weight is 321 g/mol. The van der Waals surface area contributed by atoms with Gasteiger partial charge in [-0.2, -0.15) is 13.2 Å². The lowest BCUT2D eigenvalue weighted by atomic mass is 10.4. The van der Waals surface area contributed by atoms with Crippen molar-refractivity contribution in [1.82, 2.24) is 19.9 Å². The smallest absolute Gasteiger partial charge is 0.228 e. The van der Waals surface area contributed by atoms with Crippen LogP contribution in [0.2, 0.25) is 5.28 Å². The maximum Gasteiger partial charge on any atom is 0.433 e. The maximum absolute atomic E-state index is 12.6. The van der Waals surface area contributed by atoms with E-state index in [-0.39, 0.29) is 5.03 Å². The molecule has 0 atom stereocenters. The van der Waals surface area contributed by atoms with E-state index in [1.54, 1.807) is 19.9 Å². The van der Waals surface area contributed by atoms with E-state index < -0.39 is 17.2 Å². The molecule has 0 aliphatic heterocycles. The third-order valence-electron chi connectivity index (χ3n) is 2.12. The van der Waals surface area contributed by atoms with E-state index in [0.717, 1.165) is 29.2 Å². The highest BCUT2D eigenvalue weighted by atomic mass is 35.5. The van der Waals surface area contributed by atoms with E-state index in [4.69, 9.17) is 11.6 Å². The minimum absolute atomic E-state index is 0.0438.